The average Bonchev–Trinajstić information content (AvgIpc) is 3.08. The van der Waals surface area contributed by atoms with E-state index in [0.29, 0.717) is 5.92 Å². The van der Waals surface area contributed by atoms with Crippen LogP contribution >= 0.6 is 27.7 Å². The maximum absolute atomic E-state index is 12.9. The van der Waals surface area contributed by atoms with Gasteiger partial charge >= 0.3 is 0 Å². The summed E-state index contributed by atoms with van der Waals surface area (Å²) in [6.07, 6.45) is 2.42. The van der Waals surface area contributed by atoms with E-state index in [9.17, 15) is 4.39 Å². The molecular weight excluding hydrogens is 317 g/mol. The Hall–Kier alpha value is -0.880. The molecule has 1 aromatic heterocycles. The Morgan fingerprint density at radius 1 is 1.44 bits per heavy atom. The van der Waals surface area contributed by atoms with E-state index in [0.717, 1.165) is 26.8 Å². The van der Waals surface area contributed by atoms with Crippen LogP contribution in [0.2, 0.25) is 0 Å². The molecule has 94 valence electrons. The summed E-state index contributed by atoms with van der Waals surface area (Å²) in [5.74, 6) is 2.08. The van der Waals surface area contributed by atoms with Gasteiger partial charge in [-0.2, -0.15) is 0 Å². The molecule has 1 fully saturated rings. The standard InChI is InChI=1S/C12H11BrFN3S/c13-10-5-9(14)4-3-8(10)6-18-12-15-11(16-17-12)7-1-2-7/h3-5,7H,1-2,6H2,(H,15,16,17). The summed E-state index contributed by atoms with van der Waals surface area (Å²) in [7, 11) is 0. The fourth-order valence-corrected chi connectivity index (χ4v) is 3.13. The average molecular weight is 328 g/mol. The normalized spacial score (nSPS) is 15.0. The molecular formula is C12H11BrFN3S. The van der Waals surface area contributed by atoms with Gasteiger partial charge in [-0.1, -0.05) is 33.8 Å². The summed E-state index contributed by atoms with van der Waals surface area (Å²) in [5, 5.41) is 7.91. The van der Waals surface area contributed by atoms with Crippen LogP contribution in [0.3, 0.4) is 0 Å². The van der Waals surface area contributed by atoms with Crippen molar-refractivity contribution in [3.8, 4) is 0 Å². The topological polar surface area (TPSA) is 41.6 Å². The zero-order valence-electron chi connectivity index (χ0n) is 9.49. The molecule has 0 spiro atoms. The maximum Gasteiger partial charge on any atom is 0.208 e. The number of nitrogens with zero attached hydrogens (tertiary/aromatic N) is 2. The zero-order chi connectivity index (χ0) is 12.5. The van der Waals surface area contributed by atoms with Gasteiger partial charge in [-0.25, -0.2) is 9.37 Å². The van der Waals surface area contributed by atoms with E-state index in [2.05, 4.69) is 31.1 Å². The molecule has 0 aliphatic heterocycles. The third kappa shape index (κ3) is 2.75. The minimum Gasteiger partial charge on any atom is -0.262 e. The van der Waals surface area contributed by atoms with Gasteiger partial charge in [-0.3, -0.25) is 5.10 Å². The number of aromatic nitrogens is 3. The maximum atomic E-state index is 12.9. The van der Waals surface area contributed by atoms with Gasteiger partial charge in [0.1, 0.15) is 11.6 Å². The first kappa shape index (κ1) is 12.2. The van der Waals surface area contributed by atoms with Crippen molar-refractivity contribution in [2.75, 3.05) is 0 Å². The van der Waals surface area contributed by atoms with Crippen LogP contribution in [0, 0.1) is 5.82 Å². The van der Waals surface area contributed by atoms with E-state index in [1.54, 1.807) is 17.8 Å². The lowest BCUT2D eigenvalue weighted by Gasteiger charge is -2.02. The van der Waals surface area contributed by atoms with Crippen molar-refractivity contribution in [3.63, 3.8) is 0 Å². The first-order valence-corrected chi connectivity index (χ1v) is 7.49. The third-order valence-corrected chi connectivity index (χ3v) is 4.45. The lowest BCUT2D eigenvalue weighted by Crippen LogP contribution is -1.86. The van der Waals surface area contributed by atoms with Crippen LogP contribution in [-0.2, 0) is 5.75 Å². The predicted molar refractivity (Wildman–Crippen MR) is 72.0 cm³/mol. The van der Waals surface area contributed by atoms with Gasteiger partial charge in [-0.05, 0) is 30.5 Å². The number of halogens is 2. The van der Waals surface area contributed by atoms with Crippen molar-refractivity contribution in [2.24, 2.45) is 0 Å². The number of benzene rings is 1. The summed E-state index contributed by atoms with van der Waals surface area (Å²) in [6, 6.07) is 4.72. The van der Waals surface area contributed by atoms with Crippen molar-refractivity contribution < 1.29 is 4.39 Å². The van der Waals surface area contributed by atoms with E-state index in [-0.39, 0.29) is 5.82 Å². The molecule has 3 nitrogen and oxygen atoms in total. The van der Waals surface area contributed by atoms with Crippen molar-refractivity contribution in [3.05, 3.63) is 39.9 Å². The Morgan fingerprint density at radius 3 is 3.00 bits per heavy atom. The molecule has 1 aliphatic carbocycles. The Kier molecular flexibility index (Phi) is 3.39. The molecule has 3 rings (SSSR count). The quantitative estimate of drug-likeness (QED) is 0.866. The summed E-state index contributed by atoms with van der Waals surface area (Å²) in [6.45, 7) is 0. The smallest absolute Gasteiger partial charge is 0.208 e. The van der Waals surface area contributed by atoms with Gasteiger partial charge in [0.25, 0.3) is 0 Å². The fraction of sp³-hybridized carbons (Fsp3) is 0.333. The first-order chi connectivity index (χ1) is 8.72. The lowest BCUT2D eigenvalue weighted by atomic mass is 10.2. The Balaban J connectivity index is 1.65. The molecule has 1 aromatic carbocycles. The van der Waals surface area contributed by atoms with Gasteiger partial charge in [0.05, 0.1) is 0 Å². The number of hydrogen-bond acceptors (Lipinski definition) is 3. The Bertz CT molecular complexity index is 568. The van der Waals surface area contributed by atoms with E-state index in [4.69, 9.17) is 0 Å². The number of H-pyrrole nitrogens is 1. The predicted octanol–water partition coefficient (Wildman–Crippen LogP) is 3.88. The molecule has 0 radical (unpaired) electrons. The molecule has 0 saturated heterocycles. The summed E-state index contributed by atoms with van der Waals surface area (Å²) in [4.78, 5) is 4.44. The van der Waals surface area contributed by atoms with Crippen molar-refractivity contribution >= 4 is 27.7 Å². The molecule has 6 heteroatoms. The fourth-order valence-electron chi connectivity index (χ4n) is 1.64. The van der Waals surface area contributed by atoms with Crippen molar-refractivity contribution in [2.45, 2.75) is 29.7 Å². The first-order valence-electron chi connectivity index (χ1n) is 5.71. The number of hydrogen-bond donors (Lipinski definition) is 1. The van der Waals surface area contributed by atoms with Gasteiger partial charge < -0.3 is 0 Å². The van der Waals surface area contributed by atoms with Crippen LogP contribution in [-0.4, -0.2) is 15.2 Å². The molecule has 18 heavy (non-hydrogen) atoms. The largest absolute Gasteiger partial charge is 0.262 e. The molecule has 1 aliphatic rings. The van der Waals surface area contributed by atoms with Crippen molar-refractivity contribution in [1.82, 2.24) is 15.2 Å². The number of thioether (sulfide) groups is 1. The highest BCUT2D eigenvalue weighted by Gasteiger charge is 2.27. The minimum absolute atomic E-state index is 0.232. The van der Waals surface area contributed by atoms with E-state index in [1.165, 1.54) is 25.0 Å². The number of aromatic amines is 1. The van der Waals surface area contributed by atoms with Crippen LogP contribution in [0.5, 0.6) is 0 Å². The SMILES string of the molecule is Fc1ccc(CSc2n[nH]c(C3CC3)n2)c(Br)c1. The van der Waals surface area contributed by atoms with E-state index < -0.39 is 0 Å². The monoisotopic (exact) mass is 327 g/mol. The highest BCUT2D eigenvalue weighted by Crippen LogP contribution is 2.38. The zero-order valence-corrected chi connectivity index (χ0v) is 11.9. The van der Waals surface area contributed by atoms with Gasteiger partial charge in [0, 0.05) is 16.1 Å². The molecule has 0 bridgehead atoms. The Morgan fingerprint density at radius 2 is 2.28 bits per heavy atom. The number of rotatable bonds is 4. The molecule has 1 N–H and O–H groups in total. The molecule has 1 saturated carbocycles. The summed E-state index contributed by atoms with van der Waals surface area (Å²) in [5.41, 5.74) is 1.04. The van der Waals surface area contributed by atoms with E-state index >= 15 is 0 Å². The van der Waals surface area contributed by atoms with E-state index in [1.807, 2.05) is 0 Å². The lowest BCUT2D eigenvalue weighted by molar-refractivity contribution is 0.626. The second-order valence-corrected chi connectivity index (χ2v) is 6.10. The second-order valence-electron chi connectivity index (χ2n) is 4.30. The van der Waals surface area contributed by atoms with Crippen LogP contribution in [0.15, 0.2) is 27.8 Å². The minimum atomic E-state index is -0.232. The molecule has 0 unspecified atom stereocenters. The highest BCUT2D eigenvalue weighted by atomic mass is 79.9. The molecule has 2 aromatic rings. The summed E-state index contributed by atoms with van der Waals surface area (Å²) < 4.78 is 13.7. The highest BCUT2D eigenvalue weighted by molar-refractivity contribution is 9.10. The third-order valence-electron chi connectivity index (χ3n) is 2.82. The van der Waals surface area contributed by atoms with Crippen LogP contribution in [0.4, 0.5) is 4.39 Å². The second kappa shape index (κ2) is 5.01. The Labute approximate surface area is 117 Å². The molecule has 0 amide bonds. The molecule has 0 atom stereocenters. The van der Waals surface area contributed by atoms with Gasteiger partial charge in [-0.15, -0.1) is 5.10 Å². The molecule has 1 heterocycles. The van der Waals surface area contributed by atoms with Gasteiger partial charge in [0.2, 0.25) is 5.16 Å². The van der Waals surface area contributed by atoms with Crippen LogP contribution in [0.1, 0.15) is 30.1 Å². The van der Waals surface area contributed by atoms with Crippen molar-refractivity contribution in [1.29, 1.82) is 0 Å². The van der Waals surface area contributed by atoms with Crippen LogP contribution < -0.4 is 0 Å². The van der Waals surface area contributed by atoms with Gasteiger partial charge in [0.15, 0.2) is 0 Å². The number of nitrogens with one attached hydrogen (secondary N) is 1. The van der Waals surface area contributed by atoms with Crippen LogP contribution in [0.25, 0.3) is 0 Å². The summed E-state index contributed by atoms with van der Waals surface area (Å²) >= 11 is 4.91.